The van der Waals surface area contributed by atoms with E-state index in [0.29, 0.717) is 0 Å². The first-order chi connectivity index (χ1) is 25.6. The summed E-state index contributed by atoms with van der Waals surface area (Å²) in [5.74, 6) is 0. The molecule has 4 heterocycles. The Morgan fingerprint density at radius 3 is 1.37 bits per heavy atom. The van der Waals surface area contributed by atoms with Crippen LogP contribution in [0.4, 0.5) is 0 Å². The van der Waals surface area contributed by atoms with E-state index < -0.39 is 0 Å². The molecule has 8 aromatic rings. The second kappa shape index (κ2) is 15.3. The minimum Gasteiger partial charge on any atom is -0.237 e. The molecule has 8 heteroatoms. The van der Waals surface area contributed by atoms with Gasteiger partial charge < -0.3 is 0 Å². The molecule has 4 aromatic heterocycles. The van der Waals surface area contributed by atoms with Crippen LogP contribution in [0.25, 0.3) is 5.69 Å². The standard InChI is InChI=1S/C44H46N8/c1-2-45-26-27-52(37-45)44-11-7-6-10-43(44)33-51-25-24-50(36-51)32-42-18-16-41(17-19-42)31-49-23-22-48(35-49)30-40-14-12-39(13-15-40)29-47-21-20-46(34-47)28-38-8-4-3-5-9-38/h3-27,34-37H,2,28-33H2,1H3/q+4. The third-order valence-electron chi connectivity index (χ3n) is 9.63. The maximum absolute atomic E-state index is 2.26. The lowest BCUT2D eigenvalue weighted by atomic mass is 10.1. The Hall–Kier alpha value is -6.28. The Bertz CT molecular complexity index is 2340. The molecule has 0 amide bonds. The smallest absolute Gasteiger partial charge is 0.237 e. The number of benzene rings is 4. The number of aromatic nitrogens is 8. The lowest BCUT2D eigenvalue weighted by Gasteiger charge is -2.04. The van der Waals surface area contributed by atoms with Gasteiger partial charge in [0.15, 0.2) is 0 Å². The SMILES string of the molecule is CC[n+]1ccn(-c2ccccc2Cn2cc[n+](Cc3ccc(C[n+]4ccn(Cc5ccc(Cn6cc[n+](Cc7ccccc7)c6)cc5)c4)cc3)c2)c1. The van der Waals surface area contributed by atoms with Crippen LogP contribution < -0.4 is 18.3 Å². The maximum Gasteiger partial charge on any atom is 0.248 e. The molecule has 0 saturated heterocycles. The summed E-state index contributed by atoms with van der Waals surface area (Å²) in [5.41, 5.74) is 8.98. The largest absolute Gasteiger partial charge is 0.248 e. The highest BCUT2D eigenvalue weighted by atomic mass is 15.1. The first-order valence-corrected chi connectivity index (χ1v) is 18.1. The molecule has 258 valence electrons. The molecule has 0 N–H and O–H groups in total. The molecule has 0 atom stereocenters. The molecule has 0 saturated carbocycles. The molecule has 0 aliphatic rings. The van der Waals surface area contributed by atoms with Crippen molar-refractivity contribution in [1.82, 2.24) is 18.3 Å². The second-order valence-electron chi connectivity index (χ2n) is 13.7. The predicted molar refractivity (Wildman–Crippen MR) is 199 cm³/mol. The average Bonchev–Trinajstić information content (AvgIpc) is 4.01. The van der Waals surface area contributed by atoms with Crippen molar-refractivity contribution in [1.29, 1.82) is 0 Å². The van der Waals surface area contributed by atoms with Crippen molar-refractivity contribution in [3.8, 4) is 5.69 Å². The van der Waals surface area contributed by atoms with Gasteiger partial charge >= 0.3 is 0 Å². The Balaban J connectivity index is 0.822. The monoisotopic (exact) mass is 686 g/mol. The number of hydrogen-bond donors (Lipinski definition) is 0. The Morgan fingerprint density at radius 1 is 0.404 bits per heavy atom. The minimum absolute atomic E-state index is 0.818. The number of nitrogens with zero attached hydrogens (tertiary/aromatic N) is 8. The Kier molecular flexibility index (Phi) is 9.69. The Morgan fingerprint density at radius 2 is 0.846 bits per heavy atom. The van der Waals surface area contributed by atoms with Crippen LogP contribution >= 0.6 is 0 Å². The highest BCUT2D eigenvalue weighted by Crippen LogP contribution is 2.15. The number of para-hydroxylation sites is 1. The molecule has 8 rings (SSSR count). The van der Waals surface area contributed by atoms with Gasteiger partial charge in [0, 0.05) is 5.56 Å². The van der Waals surface area contributed by atoms with Gasteiger partial charge in [-0.2, -0.15) is 0 Å². The number of rotatable bonds is 14. The van der Waals surface area contributed by atoms with Crippen molar-refractivity contribution in [2.24, 2.45) is 0 Å². The fraction of sp³-hybridized carbons (Fsp3) is 0.182. The molecule has 4 aromatic carbocycles. The molecule has 8 nitrogen and oxygen atoms in total. The number of hydrogen-bond acceptors (Lipinski definition) is 0. The minimum atomic E-state index is 0.818. The molecule has 0 aliphatic heterocycles. The third kappa shape index (κ3) is 8.19. The molecule has 0 unspecified atom stereocenters. The van der Waals surface area contributed by atoms with Crippen LogP contribution in [0.2, 0.25) is 0 Å². The fourth-order valence-corrected chi connectivity index (χ4v) is 6.83. The average molecular weight is 687 g/mol. The van der Waals surface area contributed by atoms with Gasteiger partial charge in [-0.3, -0.25) is 0 Å². The summed E-state index contributed by atoms with van der Waals surface area (Å²) in [6, 6.07) is 37.2. The van der Waals surface area contributed by atoms with Crippen LogP contribution in [0.5, 0.6) is 0 Å². The van der Waals surface area contributed by atoms with Crippen LogP contribution in [0.1, 0.15) is 40.3 Å². The summed E-state index contributed by atoms with van der Waals surface area (Å²) in [4.78, 5) is 0. The van der Waals surface area contributed by atoms with E-state index in [9.17, 15) is 0 Å². The van der Waals surface area contributed by atoms with Gasteiger partial charge in [0.1, 0.15) is 94.5 Å². The van der Waals surface area contributed by atoms with E-state index in [4.69, 9.17) is 0 Å². The predicted octanol–water partition coefficient (Wildman–Crippen LogP) is 5.34. The van der Waals surface area contributed by atoms with Crippen LogP contribution in [-0.2, 0) is 45.8 Å². The zero-order valence-corrected chi connectivity index (χ0v) is 29.8. The highest BCUT2D eigenvalue weighted by Gasteiger charge is 2.14. The maximum atomic E-state index is 2.26. The Labute approximate surface area is 305 Å². The molecule has 0 radical (unpaired) electrons. The summed E-state index contributed by atoms with van der Waals surface area (Å²) >= 11 is 0. The van der Waals surface area contributed by atoms with Crippen molar-refractivity contribution in [2.75, 3.05) is 0 Å². The van der Waals surface area contributed by atoms with E-state index in [1.807, 2.05) is 0 Å². The van der Waals surface area contributed by atoms with E-state index in [-0.39, 0.29) is 0 Å². The van der Waals surface area contributed by atoms with E-state index in [0.717, 1.165) is 45.8 Å². The van der Waals surface area contributed by atoms with Gasteiger partial charge in [0.05, 0.1) is 6.54 Å². The number of imidazole rings is 4. The van der Waals surface area contributed by atoms with Gasteiger partial charge in [0.2, 0.25) is 25.3 Å². The molecule has 0 aliphatic carbocycles. The van der Waals surface area contributed by atoms with Crippen LogP contribution in [0.15, 0.2) is 178 Å². The van der Waals surface area contributed by atoms with Crippen molar-refractivity contribution in [3.05, 3.63) is 211 Å². The lowest BCUT2D eigenvalue weighted by Crippen LogP contribution is -2.32. The molecule has 0 spiro atoms. The van der Waals surface area contributed by atoms with Crippen LogP contribution in [0, 0.1) is 0 Å². The summed E-state index contributed by atoms with van der Waals surface area (Å²) < 4.78 is 17.9. The van der Waals surface area contributed by atoms with Crippen LogP contribution in [-0.4, -0.2) is 18.3 Å². The third-order valence-corrected chi connectivity index (χ3v) is 9.63. The first kappa shape index (κ1) is 32.9. The quantitative estimate of drug-likeness (QED) is 0.139. The van der Waals surface area contributed by atoms with Gasteiger partial charge in [-0.05, 0) is 40.8 Å². The van der Waals surface area contributed by atoms with Gasteiger partial charge in [-0.1, -0.05) is 97.1 Å². The van der Waals surface area contributed by atoms with Crippen molar-refractivity contribution < 1.29 is 18.3 Å². The molecule has 52 heavy (non-hydrogen) atoms. The van der Waals surface area contributed by atoms with E-state index in [1.54, 1.807) is 0 Å². The summed E-state index contributed by atoms with van der Waals surface area (Å²) in [6.45, 7) is 8.22. The normalized spacial score (nSPS) is 11.3. The molecule has 0 fully saturated rings. The molecule has 0 bridgehead atoms. The topological polar surface area (TPSA) is 35.2 Å². The van der Waals surface area contributed by atoms with Crippen molar-refractivity contribution >= 4 is 0 Å². The van der Waals surface area contributed by atoms with Gasteiger partial charge in [0.25, 0.3) is 0 Å². The molecular weight excluding hydrogens is 641 g/mol. The highest BCUT2D eigenvalue weighted by molar-refractivity contribution is 5.40. The van der Waals surface area contributed by atoms with Crippen molar-refractivity contribution in [3.63, 3.8) is 0 Å². The second-order valence-corrected chi connectivity index (χ2v) is 13.7. The van der Waals surface area contributed by atoms with Crippen molar-refractivity contribution in [2.45, 2.75) is 52.7 Å². The summed E-state index contributed by atoms with van der Waals surface area (Å²) in [5, 5.41) is 0. The summed E-state index contributed by atoms with van der Waals surface area (Å²) in [7, 11) is 0. The van der Waals surface area contributed by atoms with E-state index in [1.165, 1.54) is 39.1 Å². The van der Waals surface area contributed by atoms with Gasteiger partial charge in [-0.25, -0.2) is 36.5 Å². The zero-order chi connectivity index (χ0) is 35.1. The fourth-order valence-electron chi connectivity index (χ4n) is 6.83. The number of aryl methyl sites for hydroxylation is 1. The summed E-state index contributed by atoms with van der Waals surface area (Å²) in [6.07, 6.45) is 25.9. The molecular formula is C44H46N8+4. The van der Waals surface area contributed by atoms with Gasteiger partial charge in [-0.15, -0.1) is 0 Å². The van der Waals surface area contributed by atoms with Crippen LogP contribution in [0.3, 0.4) is 0 Å². The zero-order valence-electron chi connectivity index (χ0n) is 29.8. The van der Waals surface area contributed by atoms with E-state index in [2.05, 4.69) is 221 Å². The lowest BCUT2D eigenvalue weighted by molar-refractivity contribution is -0.692. The first-order valence-electron chi connectivity index (χ1n) is 18.1. The van der Waals surface area contributed by atoms with E-state index >= 15 is 0 Å².